The van der Waals surface area contributed by atoms with Crippen molar-refractivity contribution in [1.29, 1.82) is 0 Å². The van der Waals surface area contributed by atoms with Crippen LogP contribution in [0.3, 0.4) is 0 Å². The van der Waals surface area contributed by atoms with Gasteiger partial charge in [-0.1, -0.05) is 42.5 Å². The molecule has 2 unspecified atom stereocenters. The van der Waals surface area contributed by atoms with E-state index < -0.39 is 8.80 Å². The molecule has 2 atom stereocenters. The van der Waals surface area contributed by atoms with Gasteiger partial charge >= 0.3 is 0 Å². The first-order valence-electron chi connectivity index (χ1n) is 8.02. The van der Waals surface area contributed by atoms with E-state index in [9.17, 15) is 0 Å². The number of hydrogen-bond acceptors (Lipinski definition) is 2. The first-order valence-corrected chi connectivity index (χ1v) is 10.9. The van der Waals surface area contributed by atoms with Crippen molar-refractivity contribution in [2.24, 2.45) is 0 Å². The molecule has 112 valence electrons. The molecule has 20 heavy (non-hydrogen) atoms. The van der Waals surface area contributed by atoms with E-state index in [1.807, 2.05) is 0 Å². The molecule has 0 N–H and O–H groups in total. The lowest BCUT2D eigenvalue weighted by atomic mass is 10.1. The summed E-state index contributed by atoms with van der Waals surface area (Å²) in [5, 5.41) is 1.65. The Morgan fingerprint density at radius 1 is 1.15 bits per heavy atom. The van der Waals surface area contributed by atoms with E-state index in [1.54, 1.807) is 10.8 Å². The first-order chi connectivity index (χ1) is 9.56. The van der Waals surface area contributed by atoms with Crippen LogP contribution in [0.5, 0.6) is 0 Å². The molecule has 0 aliphatic carbocycles. The molecule has 1 aromatic rings. The quantitative estimate of drug-likeness (QED) is 0.773. The topological polar surface area (TPSA) is 12.5 Å². The number of ether oxygens (including phenoxy) is 1. The zero-order chi connectivity index (χ0) is 14.5. The lowest BCUT2D eigenvalue weighted by Crippen LogP contribution is -2.45. The Bertz CT molecular complexity index is 411. The SMILES string of the molecule is CC1CN(CCCc2ccccc2[SiH](C)C)CC(C)O1. The van der Waals surface area contributed by atoms with Crippen LogP contribution in [0, 0.1) is 0 Å². The summed E-state index contributed by atoms with van der Waals surface area (Å²) < 4.78 is 5.80. The van der Waals surface area contributed by atoms with E-state index >= 15 is 0 Å². The summed E-state index contributed by atoms with van der Waals surface area (Å²) in [6.07, 6.45) is 3.25. The number of nitrogens with zero attached hydrogens (tertiary/aromatic N) is 1. The molecule has 0 spiro atoms. The van der Waals surface area contributed by atoms with Gasteiger partial charge in [0, 0.05) is 13.1 Å². The van der Waals surface area contributed by atoms with Crippen molar-refractivity contribution in [3.8, 4) is 0 Å². The second kappa shape index (κ2) is 7.39. The average molecular weight is 292 g/mol. The zero-order valence-corrected chi connectivity index (χ0v) is 14.6. The van der Waals surface area contributed by atoms with E-state index in [0.29, 0.717) is 12.2 Å². The lowest BCUT2D eigenvalue weighted by Gasteiger charge is -2.35. The Morgan fingerprint density at radius 3 is 2.45 bits per heavy atom. The minimum Gasteiger partial charge on any atom is -0.373 e. The second-order valence-corrected chi connectivity index (χ2v) is 9.41. The van der Waals surface area contributed by atoms with Crippen LogP contribution in [-0.2, 0) is 11.2 Å². The minimum absolute atomic E-state index is 0.383. The summed E-state index contributed by atoms with van der Waals surface area (Å²) in [5.74, 6) is 0. The number of aryl methyl sites for hydroxylation is 1. The second-order valence-electron chi connectivity index (χ2n) is 6.47. The molecule has 1 heterocycles. The van der Waals surface area contributed by atoms with E-state index in [0.717, 1.165) is 13.1 Å². The van der Waals surface area contributed by atoms with Crippen LogP contribution < -0.4 is 5.19 Å². The Morgan fingerprint density at radius 2 is 1.80 bits per heavy atom. The summed E-state index contributed by atoms with van der Waals surface area (Å²) in [5.41, 5.74) is 1.59. The van der Waals surface area contributed by atoms with Crippen LogP contribution in [0.1, 0.15) is 25.8 Å². The van der Waals surface area contributed by atoms with Gasteiger partial charge in [-0.25, -0.2) is 0 Å². The van der Waals surface area contributed by atoms with Crippen molar-refractivity contribution in [1.82, 2.24) is 4.90 Å². The number of hydrogen-bond donors (Lipinski definition) is 0. The fourth-order valence-electron chi connectivity index (χ4n) is 3.29. The van der Waals surface area contributed by atoms with Gasteiger partial charge in [-0.15, -0.1) is 0 Å². The molecule has 3 heteroatoms. The van der Waals surface area contributed by atoms with Gasteiger partial charge in [0.05, 0.1) is 21.0 Å². The van der Waals surface area contributed by atoms with Crippen LogP contribution in [0.4, 0.5) is 0 Å². The van der Waals surface area contributed by atoms with Crippen molar-refractivity contribution in [3.05, 3.63) is 29.8 Å². The average Bonchev–Trinajstić information content (AvgIpc) is 2.38. The maximum atomic E-state index is 5.80. The van der Waals surface area contributed by atoms with Gasteiger partial charge in [0.25, 0.3) is 0 Å². The fraction of sp³-hybridized carbons (Fsp3) is 0.647. The summed E-state index contributed by atoms with van der Waals surface area (Å²) in [7, 11) is -0.699. The zero-order valence-electron chi connectivity index (χ0n) is 13.4. The molecule has 1 aliphatic heterocycles. The highest BCUT2D eigenvalue weighted by Gasteiger charge is 2.21. The molecule has 2 rings (SSSR count). The Kier molecular flexibility index (Phi) is 5.82. The molecule has 1 aliphatic rings. The van der Waals surface area contributed by atoms with Crippen molar-refractivity contribution in [2.45, 2.75) is 52.0 Å². The predicted octanol–water partition coefficient (Wildman–Crippen LogP) is 2.42. The molecular weight excluding hydrogens is 262 g/mol. The maximum absolute atomic E-state index is 5.80. The molecule has 1 saturated heterocycles. The van der Waals surface area contributed by atoms with Gasteiger partial charge in [0.2, 0.25) is 0 Å². The molecule has 0 amide bonds. The van der Waals surface area contributed by atoms with Crippen molar-refractivity contribution in [2.75, 3.05) is 19.6 Å². The Balaban J connectivity index is 1.84. The van der Waals surface area contributed by atoms with Gasteiger partial charge in [0.1, 0.15) is 0 Å². The monoisotopic (exact) mass is 291 g/mol. The summed E-state index contributed by atoms with van der Waals surface area (Å²) in [6.45, 7) is 12.6. The van der Waals surface area contributed by atoms with Crippen LogP contribution in [-0.4, -0.2) is 45.5 Å². The van der Waals surface area contributed by atoms with Crippen LogP contribution in [0.2, 0.25) is 13.1 Å². The van der Waals surface area contributed by atoms with Gasteiger partial charge in [-0.3, -0.25) is 4.90 Å². The van der Waals surface area contributed by atoms with E-state index in [1.165, 1.54) is 19.4 Å². The standard InChI is InChI=1S/C17H29NOSi/c1-14-12-18(13-15(2)19-14)11-7-9-16-8-5-6-10-17(16)20(3)4/h5-6,8,10,14-15,20H,7,9,11-13H2,1-4H3. The summed E-state index contributed by atoms with van der Waals surface area (Å²) >= 11 is 0. The molecule has 1 aromatic carbocycles. The smallest absolute Gasteiger partial charge is 0.0678 e. The highest BCUT2D eigenvalue weighted by atomic mass is 28.3. The number of rotatable bonds is 5. The van der Waals surface area contributed by atoms with E-state index in [-0.39, 0.29) is 0 Å². The third-order valence-electron chi connectivity index (χ3n) is 4.09. The van der Waals surface area contributed by atoms with E-state index in [4.69, 9.17) is 4.74 Å². The molecule has 1 fully saturated rings. The van der Waals surface area contributed by atoms with Crippen molar-refractivity contribution in [3.63, 3.8) is 0 Å². The number of morpholine rings is 1. The van der Waals surface area contributed by atoms with Crippen LogP contribution in [0.25, 0.3) is 0 Å². The Labute approximate surface area is 125 Å². The minimum atomic E-state index is -0.699. The van der Waals surface area contributed by atoms with Gasteiger partial charge in [0.15, 0.2) is 0 Å². The highest BCUT2D eigenvalue weighted by molar-refractivity contribution is 6.71. The fourth-order valence-corrected chi connectivity index (χ4v) is 4.76. The third-order valence-corrected chi connectivity index (χ3v) is 5.90. The van der Waals surface area contributed by atoms with Crippen molar-refractivity contribution >= 4 is 14.0 Å². The summed E-state index contributed by atoms with van der Waals surface area (Å²) in [4.78, 5) is 2.56. The van der Waals surface area contributed by atoms with Crippen molar-refractivity contribution < 1.29 is 4.74 Å². The van der Waals surface area contributed by atoms with Gasteiger partial charge in [-0.2, -0.15) is 0 Å². The Hall–Kier alpha value is -0.643. The molecular formula is C17H29NOSi. The lowest BCUT2D eigenvalue weighted by molar-refractivity contribution is -0.0680. The van der Waals surface area contributed by atoms with Gasteiger partial charge in [-0.05, 0) is 38.8 Å². The number of benzene rings is 1. The highest BCUT2D eigenvalue weighted by Crippen LogP contribution is 2.12. The largest absolute Gasteiger partial charge is 0.373 e. The van der Waals surface area contributed by atoms with Crippen LogP contribution >= 0.6 is 0 Å². The molecule has 2 nitrogen and oxygen atoms in total. The first kappa shape index (κ1) is 15.7. The normalized spacial score (nSPS) is 24.2. The molecule has 0 aromatic heterocycles. The van der Waals surface area contributed by atoms with Gasteiger partial charge < -0.3 is 4.74 Å². The summed E-state index contributed by atoms with van der Waals surface area (Å²) in [6, 6.07) is 9.05. The molecule has 0 saturated carbocycles. The van der Waals surface area contributed by atoms with E-state index in [2.05, 4.69) is 56.1 Å². The molecule has 0 radical (unpaired) electrons. The molecule has 0 bridgehead atoms. The maximum Gasteiger partial charge on any atom is 0.0678 e. The van der Waals surface area contributed by atoms with Crippen LogP contribution in [0.15, 0.2) is 24.3 Å². The third kappa shape index (κ3) is 4.44. The predicted molar refractivity (Wildman–Crippen MR) is 89.7 cm³/mol.